The first-order valence-corrected chi connectivity index (χ1v) is 8.94. The minimum atomic E-state index is -3.60. The molecule has 0 spiro atoms. The van der Waals surface area contributed by atoms with Gasteiger partial charge in [-0.2, -0.15) is 0 Å². The van der Waals surface area contributed by atoms with Gasteiger partial charge < -0.3 is 5.11 Å². The monoisotopic (exact) mass is 331 g/mol. The predicted octanol–water partition coefficient (Wildman–Crippen LogP) is 3.28. The van der Waals surface area contributed by atoms with Crippen LogP contribution >= 0.6 is 0 Å². The lowest BCUT2D eigenvalue weighted by molar-refractivity contribution is 0.342. The predicted molar refractivity (Wildman–Crippen MR) is 93.0 cm³/mol. The Hall–Kier alpha value is -2.11. The van der Waals surface area contributed by atoms with E-state index in [1.807, 2.05) is 25.1 Å². The van der Waals surface area contributed by atoms with Crippen LogP contribution in [0.15, 0.2) is 65.6 Å². The Morgan fingerprint density at radius 1 is 1.04 bits per heavy atom. The van der Waals surface area contributed by atoms with E-state index in [9.17, 15) is 8.42 Å². The van der Waals surface area contributed by atoms with Gasteiger partial charge in [-0.15, -0.1) is 0 Å². The molecule has 0 aromatic heterocycles. The Bertz CT molecular complexity index is 765. The zero-order chi connectivity index (χ0) is 16.7. The molecule has 2 N–H and O–H groups in total. The number of hydrogen-bond acceptors (Lipinski definition) is 3. The fourth-order valence-electron chi connectivity index (χ4n) is 2.19. The molecule has 122 valence electrons. The SMILES string of the molecule is Cc1ccc(S(=O)(=O)Nc2ccccc2CC/C=C/CO)cc1. The van der Waals surface area contributed by atoms with Crippen LogP contribution in [0, 0.1) is 6.92 Å². The van der Waals surface area contributed by atoms with Gasteiger partial charge in [0, 0.05) is 0 Å². The molecule has 2 rings (SSSR count). The van der Waals surface area contributed by atoms with Crippen molar-refractivity contribution in [2.24, 2.45) is 0 Å². The lowest BCUT2D eigenvalue weighted by Gasteiger charge is -2.12. The van der Waals surface area contributed by atoms with Crippen molar-refractivity contribution in [1.82, 2.24) is 0 Å². The van der Waals surface area contributed by atoms with Crippen molar-refractivity contribution in [2.45, 2.75) is 24.7 Å². The van der Waals surface area contributed by atoms with Gasteiger partial charge in [0.1, 0.15) is 0 Å². The summed E-state index contributed by atoms with van der Waals surface area (Å²) in [5.74, 6) is 0. The summed E-state index contributed by atoms with van der Waals surface area (Å²) >= 11 is 0. The van der Waals surface area contributed by atoms with Crippen LogP contribution in [0.3, 0.4) is 0 Å². The summed E-state index contributed by atoms with van der Waals surface area (Å²) in [4.78, 5) is 0.248. The molecule has 0 bridgehead atoms. The number of rotatable bonds is 7. The fraction of sp³-hybridized carbons (Fsp3) is 0.222. The van der Waals surface area contributed by atoms with Crippen LogP contribution in [0.1, 0.15) is 17.5 Å². The molecule has 0 atom stereocenters. The second-order valence-electron chi connectivity index (χ2n) is 5.27. The number of aliphatic hydroxyl groups excluding tert-OH is 1. The maximum Gasteiger partial charge on any atom is 0.261 e. The number of anilines is 1. The van der Waals surface area contributed by atoms with E-state index in [-0.39, 0.29) is 11.5 Å². The molecule has 0 aliphatic rings. The molecule has 4 nitrogen and oxygen atoms in total. The van der Waals surface area contributed by atoms with Gasteiger partial charge in [-0.25, -0.2) is 8.42 Å². The summed E-state index contributed by atoms with van der Waals surface area (Å²) in [5, 5.41) is 8.74. The first kappa shape index (κ1) is 17.2. The molecule has 0 aliphatic carbocycles. The highest BCUT2D eigenvalue weighted by atomic mass is 32.2. The van der Waals surface area contributed by atoms with Gasteiger partial charge in [0.05, 0.1) is 17.2 Å². The summed E-state index contributed by atoms with van der Waals surface area (Å²) in [7, 11) is -3.60. The molecule has 2 aromatic rings. The molecule has 0 unspecified atom stereocenters. The molecule has 0 heterocycles. The number of para-hydroxylation sites is 1. The quantitative estimate of drug-likeness (QED) is 0.765. The lowest BCUT2D eigenvalue weighted by Crippen LogP contribution is -2.14. The highest BCUT2D eigenvalue weighted by molar-refractivity contribution is 7.92. The topological polar surface area (TPSA) is 66.4 Å². The van der Waals surface area contributed by atoms with Crippen molar-refractivity contribution in [2.75, 3.05) is 11.3 Å². The molecule has 0 aliphatic heterocycles. The first-order chi connectivity index (χ1) is 11.0. The molecular weight excluding hydrogens is 310 g/mol. The van der Waals surface area contributed by atoms with Gasteiger partial charge in [-0.1, -0.05) is 48.0 Å². The number of aryl methyl sites for hydroxylation is 2. The van der Waals surface area contributed by atoms with E-state index < -0.39 is 10.0 Å². The summed E-state index contributed by atoms with van der Waals surface area (Å²) < 4.78 is 27.6. The number of aliphatic hydroxyl groups is 1. The average Bonchev–Trinajstić information content (AvgIpc) is 2.53. The van der Waals surface area contributed by atoms with E-state index in [0.29, 0.717) is 12.1 Å². The summed E-state index contributed by atoms with van der Waals surface area (Å²) in [5.41, 5.74) is 2.52. The first-order valence-electron chi connectivity index (χ1n) is 7.46. The zero-order valence-corrected chi connectivity index (χ0v) is 13.9. The Balaban J connectivity index is 2.18. The maximum atomic E-state index is 12.5. The summed E-state index contributed by atoms with van der Waals surface area (Å²) in [6.07, 6.45) is 5.00. The lowest BCUT2D eigenvalue weighted by atomic mass is 10.1. The zero-order valence-electron chi connectivity index (χ0n) is 13.1. The summed E-state index contributed by atoms with van der Waals surface area (Å²) in [6.45, 7) is 1.93. The second-order valence-corrected chi connectivity index (χ2v) is 6.95. The third-order valence-electron chi connectivity index (χ3n) is 3.45. The number of hydrogen-bond donors (Lipinski definition) is 2. The highest BCUT2D eigenvalue weighted by Gasteiger charge is 2.15. The molecule has 0 saturated carbocycles. The number of sulfonamides is 1. The van der Waals surface area contributed by atoms with Crippen LogP contribution in [-0.4, -0.2) is 20.1 Å². The molecule has 0 saturated heterocycles. The minimum absolute atomic E-state index is 0.0156. The molecule has 2 aromatic carbocycles. The largest absolute Gasteiger partial charge is 0.392 e. The van der Waals surface area contributed by atoms with Crippen LogP contribution in [0.4, 0.5) is 5.69 Å². The molecular formula is C18H21NO3S. The van der Waals surface area contributed by atoms with Crippen molar-refractivity contribution in [3.63, 3.8) is 0 Å². The Morgan fingerprint density at radius 2 is 1.74 bits per heavy atom. The van der Waals surface area contributed by atoms with Gasteiger partial charge in [0.2, 0.25) is 0 Å². The fourth-order valence-corrected chi connectivity index (χ4v) is 3.29. The maximum absolute atomic E-state index is 12.5. The van der Waals surface area contributed by atoms with E-state index in [1.54, 1.807) is 42.5 Å². The second kappa shape index (κ2) is 7.94. The molecule has 0 amide bonds. The van der Waals surface area contributed by atoms with Crippen molar-refractivity contribution in [1.29, 1.82) is 0 Å². The Labute approximate surface area is 137 Å². The Kier molecular flexibility index (Phi) is 5.96. The van der Waals surface area contributed by atoms with Crippen molar-refractivity contribution >= 4 is 15.7 Å². The smallest absolute Gasteiger partial charge is 0.261 e. The van der Waals surface area contributed by atoms with Gasteiger partial charge in [0.25, 0.3) is 10.0 Å². The van der Waals surface area contributed by atoms with Gasteiger partial charge in [-0.05, 0) is 43.5 Å². The van der Waals surface area contributed by atoms with Crippen LogP contribution in [0.25, 0.3) is 0 Å². The molecule has 23 heavy (non-hydrogen) atoms. The van der Waals surface area contributed by atoms with E-state index in [4.69, 9.17) is 5.11 Å². The third-order valence-corrected chi connectivity index (χ3v) is 4.83. The molecule has 5 heteroatoms. The van der Waals surface area contributed by atoms with Crippen LogP contribution in [0.5, 0.6) is 0 Å². The standard InChI is InChI=1S/C18H21NO3S/c1-15-10-12-17(13-11-15)23(21,22)19-18-9-5-4-8-16(18)7-3-2-6-14-20/h2,4-6,8-13,19-20H,3,7,14H2,1H3/b6-2+. The third kappa shape index (κ3) is 4.94. The number of nitrogens with one attached hydrogen (secondary N) is 1. The van der Waals surface area contributed by atoms with Crippen LogP contribution < -0.4 is 4.72 Å². The van der Waals surface area contributed by atoms with E-state index in [2.05, 4.69) is 4.72 Å². The van der Waals surface area contributed by atoms with Crippen LogP contribution in [-0.2, 0) is 16.4 Å². The number of allylic oxidation sites excluding steroid dienone is 1. The van der Waals surface area contributed by atoms with Crippen LogP contribution in [0.2, 0.25) is 0 Å². The van der Waals surface area contributed by atoms with E-state index >= 15 is 0 Å². The van der Waals surface area contributed by atoms with Crippen molar-refractivity contribution < 1.29 is 13.5 Å². The normalized spacial score (nSPS) is 11.7. The van der Waals surface area contributed by atoms with E-state index in [0.717, 1.165) is 17.5 Å². The van der Waals surface area contributed by atoms with Gasteiger partial charge in [0.15, 0.2) is 0 Å². The van der Waals surface area contributed by atoms with Gasteiger partial charge >= 0.3 is 0 Å². The van der Waals surface area contributed by atoms with E-state index in [1.165, 1.54) is 0 Å². The Morgan fingerprint density at radius 3 is 2.43 bits per heavy atom. The van der Waals surface area contributed by atoms with Crippen molar-refractivity contribution in [3.05, 3.63) is 71.8 Å². The highest BCUT2D eigenvalue weighted by Crippen LogP contribution is 2.21. The van der Waals surface area contributed by atoms with Crippen molar-refractivity contribution in [3.8, 4) is 0 Å². The summed E-state index contributed by atoms with van der Waals surface area (Å²) in [6, 6.07) is 14.1. The molecule has 0 radical (unpaired) electrons. The molecule has 0 fully saturated rings. The number of benzene rings is 2. The van der Waals surface area contributed by atoms with Gasteiger partial charge in [-0.3, -0.25) is 4.72 Å². The minimum Gasteiger partial charge on any atom is -0.392 e. The average molecular weight is 331 g/mol.